The van der Waals surface area contributed by atoms with Gasteiger partial charge in [-0.2, -0.15) is 0 Å². The summed E-state index contributed by atoms with van der Waals surface area (Å²) in [6.45, 7) is 6.43. The average molecular weight is 372 g/mol. The predicted octanol–water partition coefficient (Wildman–Crippen LogP) is 2.99. The zero-order chi connectivity index (χ0) is 19.8. The molecule has 146 valence electrons. The fraction of sp³-hybridized carbons (Fsp3) is 0.450. The number of nitrogens with zero attached hydrogens (tertiary/aromatic N) is 2. The summed E-state index contributed by atoms with van der Waals surface area (Å²) in [6.07, 6.45) is 1.64. The van der Waals surface area contributed by atoms with Crippen molar-refractivity contribution in [2.24, 2.45) is 0 Å². The zero-order valence-corrected chi connectivity index (χ0v) is 16.6. The predicted molar refractivity (Wildman–Crippen MR) is 106 cm³/mol. The second kappa shape index (κ2) is 9.75. The minimum atomic E-state index is -0.183. The lowest BCUT2D eigenvalue weighted by Crippen LogP contribution is -2.32. The Hall–Kier alpha value is -2.83. The minimum Gasteiger partial charge on any atom is -0.493 e. The maximum Gasteiger partial charge on any atom is 0.270 e. The van der Waals surface area contributed by atoms with Crippen LogP contribution in [0.1, 0.15) is 42.1 Å². The van der Waals surface area contributed by atoms with Crippen LogP contribution in [0.15, 0.2) is 24.3 Å². The molecule has 0 fully saturated rings. The summed E-state index contributed by atoms with van der Waals surface area (Å²) in [4.78, 5) is 20.9. The van der Waals surface area contributed by atoms with Crippen molar-refractivity contribution in [2.75, 3.05) is 26.1 Å². The second-order valence-corrected chi connectivity index (χ2v) is 6.33. The molecule has 0 spiro atoms. The Kier molecular flexibility index (Phi) is 7.40. The summed E-state index contributed by atoms with van der Waals surface area (Å²) >= 11 is 0. The summed E-state index contributed by atoms with van der Waals surface area (Å²) in [6, 6.07) is 7.63. The first-order valence-electron chi connectivity index (χ1n) is 9.08. The number of hydrogen-bond acceptors (Lipinski definition) is 6. The van der Waals surface area contributed by atoms with E-state index in [2.05, 4.69) is 20.6 Å². The van der Waals surface area contributed by atoms with Gasteiger partial charge in [-0.05, 0) is 44.4 Å². The molecule has 27 heavy (non-hydrogen) atoms. The van der Waals surface area contributed by atoms with Crippen molar-refractivity contribution in [1.29, 1.82) is 0 Å². The van der Waals surface area contributed by atoms with Gasteiger partial charge in [-0.25, -0.2) is 9.97 Å². The van der Waals surface area contributed by atoms with Gasteiger partial charge in [0.1, 0.15) is 17.3 Å². The number of carbonyl (C=O) groups is 1. The number of amides is 1. The van der Waals surface area contributed by atoms with Gasteiger partial charge in [0.05, 0.1) is 14.2 Å². The van der Waals surface area contributed by atoms with Gasteiger partial charge in [0.2, 0.25) is 0 Å². The second-order valence-electron chi connectivity index (χ2n) is 6.33. The summed E-state index contributed by atoms with van der Waals surface area (Å²) in [5.41, 5.74) is 1.48. The molecular weight excluding hydrogens is 344 g/mol. The molecule has 0 aliphatic rings. The highest BCUT2D eigenvalue weighted by molar-refractivity contribution is 5.93. The van der Waals surface area contributed by atoms with Crippen LogP contribution in [0, 0.1) is 6.92 Å². The monoisotopic (exact) mass is 372 g/mol. The van der Waals surface area contributed by atoms with Crippen LogP contribution in [0.25, 0.3) is 0 Å². The van der Waals surface area contributed by atoms with E-state index in [9.17, 15) is 4.79 Å². The number of methoxy groups -OCH3 is 2. The highest BCUT2D eigenvalue weighted by Gasteiger charge is 2.12. The van der Waals surface area contributed by atoms with E-state index in [0.29, 0.717) is 35.4 Å². The third-order valence-electron chi connectivity index (χ3n) is 4.23. The Balaban J connectivity index is 2.00. The van der Waals surface area contributed by atoms with Crippen LogP contribution < -0.4 is 20.1 Å². The van der Waals surface area contributed by atoms with Gasteiger partial charge in [-0.15, -0.1) is 0 Å². The first kappa shape index (κ1) is 20.5. The topological polar surface area (TPSA) is 85.4 Å². The van der Waals surface area contributed by atoms with Crippen LogP contribution in [0.3, 0.4) is 0 Å². The minimum absolute atomic E-state index is 0.106. The van der Waals surface area contributed by atoms with Crippen LogP contribution in [-0.2, 0) is 6.42 Å². The molecule has 1 aromatic carbocycles. The molecule has 0 radical (unpaired) electrons. The van der Waals surface area contributed by atoms with Crippen LogP contribution in [0.4, 0.5) is 5.82 Å². The first-order valence-corrected chi connectivity index (χ1v) is 9.08. The van der Waals surface area contributed by atoms with Gasteiger partial charge in [0.25, 0.3) is 5.91 Å². The van der Waals surface area contributed by atoms with Crippen LogP contribution >= 0.6 is 0 Å². The number of hydrogen-bond donors (Lipinski definition) is 2. The standard InChI is InChI=1S/C20H28N4O3/c1-6-13(2)22-20(25)16-12-19(24-14(3)23-16)21-10-9-15-7-8-17(26-4)18(11-15)27-5/h7-8,11-13H,6,9-10H2,1-5H3,(H,22,25)(H,21,23,24). The smallest absolute Gasteiger partial charge is 0.270 e. The van der Waals surface area contributed by atoms with E-state index in [-0.39, 0.29) is 11.9 Å². The molecule has 1 aromatic heterocycles. The Morgan fingerprint density at radius 3 is 2.56 bits per heavy atom. The lowest BCUT2D eigenvalue weighted by molar-refractivity contribution is 0.0934. The third kappa shape index (κ3) is 5.84. The molecule has 0 saturated carbocycles. The van der Waals surface area contributed by atoms with E-state index < -0.39 is 0 Å². The molecule has 0 saturated heterocycles. The summed E-state index contributed by atoms with van der Waals surface area (Å²) in [5.74, 6) is 2.42. The fourth-order valence-electron chi connectivity index (χ4n) is 2.55. The Bertz CT molecular complexity index is 780. The molecule has 1 heterocycles. The van der Waals surface area contributed by atoms with Crippen molar-refractivity contribution in [3.05, 3.63) is 41.3 Å². The third-order valence-corrected chi connectivity index (χ3v) is 4.23. The number of nitrogens with one attached hydrogen (secondary N) is 2. The number of carbonyl (C=O) groups excluding carboxylic acids is 1. The van der Waals surface area contributed by atoms with E-state index in [1.54, 1.807) is 27.2 Å². The number of ether oxygens (including phenoxy) is 2. The largest absolute Gasteiger partial charge is 0.493 e. The van der Waals surface area contributed by atoms with Gasteiger partial charge in [-0.3, -0.25) is 4.79 Å². The molecule has 0 bridgehead atoms. The van der Waals surface area contributed by atoms with E-state index in [1.807, 2.05) is 32.0 Å². The van der Waals surface area contributed by atoms with Crippen molar-refractivity contribution in [2.45, 2.75) is 39.7 Å². The van der Waals surface area contributed by atoms with Gasteiger partial charge in [0.15, 0.2) is 11.5 Å². The Labute approximate surface area is 160 Å². The number of benzene rings is 1. The van der Waals surface area contributed by atoms with Crippen molar-refractivity contribution < 1.29 is 14.3 Å². The van der Waals surface area contributed by atoms with Crippen molar-refractivity contribution in [1.82, 2.24) is 15.3 Å². The number of aromatic nitrogens is 2. The van der Waals surface area contributed by atoms with Crippen LogP contribution in [0.5, 0.6) is 11.5 Å². The van der Waals surface area contributed by atoms with Crippen molar-refractivity contribution in [3.63, 3.8) is 0 Å². The average Bonchev–Trinajstić information content (AvgIpc) is 2.67. The molecule has 1 unspecified atom stereocenters. The molecule has 1 amide bonds. The molecule has 0 aliphatic heterocycles. The van der Waals surface area contributed by atoms with Gasteiger partial charge >= 0.3 is 0 Å². The lowest BCUT2D eigenvalue weighted by Gasteiger charge is -2.13. The number of aryl methyl sites for hydroxylation is 1. The molecular formula is C20H28N4O3. The first-order chi connectivity index (χ1) is 13.0. The molecule has 7 nitrogen and oxygen atoms in total. The molecule has 0 aliphatic carbocycles. The van der Waals surface area contributed by atoms with E-state index in [4.69, 9.17) is 9.47 Å². The number of rotatable bonds is 9. The van der Waals surface area contributed by atoms with E-state index in [0.717, 1.165) is 18.4 Å². The maximum absolute atomic E-state index is 12.3. The van der Waals surface area contributed by atoms with Crippen molar-refractivity contribution in [3.8, 4) is 11.5 Å². The molecule has 7 heteroatoms. The molecule has 2 rings (SSSR count). The van der Waals surface area contributed by atoms with Crippen LogP contribution in [0.2, 0.25) is 0 Å². The van der Waals surface area contributed by atoms with Crippen molar-refractivity contribution >= 4 is 11.7 Å². The highest BCUT2D eigenvalue weighted by Crippen LogP contribution is 2.27. The van der Waals surface area contributed by atoms with E-state index in [1.165, 1.54) is 0 Å². The number of anilines is 1. The molecule has 1 atom stereocenters. The summed E-state index contributed by atoms with van der Waals surface area (Å²) < 4.78 is 10.6. The zero-order valence-electron chi connectivity index (χ0n) is 16.6. The van der Waals surface area contributed by atoms with Crippen LogP contribution in [-0.4, -0.2) is 42.7 Å². The fourth-order valence-corrected chi connectivity index (χ4v) is 2.55. The lowest BCUT2D eigenvalue weighted by atomic mass is 10.1. The Morgan fingerprint density at radius 2 is 1.89 bits per heavy atom. The summed E-state index contributed by atoms with van der Waals surface area (Å²) in [7, 11) is 3.24. The van der Waals surface area contributed by atoms with Gasteiger partial charge in [0, 0.05) is 18.7 Å². The van der Waals surface area contributed by atoms with Gasteiger partial charge in [-0.1, -0.05) is 13.0 Å². The molecule has 2 aromatic rings. The maximum atomic E-state index is 12.3. The molecule has 2 N–H and O–H groups in total. The Morgan fingerprint density at radius 1 is 1.15 bits per heavy atom. The highest BCUT2D eigenvalue weighted by atomic mass is 16.5. The normalized spacial score (nSPS) is 11.6. The van der Waals surface area contributed by atoms with E-state index >= 15 is 0 Å². The summed E-state index contributed by atoms with van der Waals surface area (Å²) in [5, 5.41) is 6.18. The SMILES string of the molecule is CCC(C)NC(=O)c1cc(NCCc2ccc(OC)c(OC)c2)nc(C)n1. The quantitative estimate of drug-likeness (QED) is 0.704. The van der Waals surface area contributed by atoms with Gasteiger partial charge < -0.3 is 20.1 Å².